The zero-order valence-corrected chi connectivity index (χ0v) is 51.0. The minimum Gasteiger partial charge on any atom is -0.391 e. The second-order valence-electron chi connectivity index (χ2n) is 23.3. The van der Waals surface area contributed by atoms with E-state index in [1.165, 1.54) is 29.4 Å². The second kappa shape index (κ2) is 28.9. The van der Waals surface area contributed by atoms with Crippen molar-refractivity contribution in [3.05, 3.63) is 105 Å². The molecule has 1 unspecified atom stereocenters. The molecule has 0 radical (unpaired) electrons. The number of likely N-dealkylation sites (N-methyl/N-ethyl adjacent to an activating group) is 1. The minimum atomic E-state index is -5.02. The van der Waals surface area contributed by atoms with Crippen LogP contribution in [0.1, 0.15) is 81.1 Å². The van der Waals surface area contributed by atoms with E-state index in [9.17, 15) is 51.8 Å². The molecule has 474 valence electrons. The number of likely N-dealkylation sites (tertiary alicyclic amines) is 1. The van der Waals surface area contributed by atoms with Gasteiger partial charge < -0.3 is 60.4 Å². The highest BCUT2D eigenvalue weighted by atomic mass is 32.1. The Balaban J connectivity index is 0.731. The Morgan fingerprint density at radius 2 is 1.52 bits per heavy atom. The molecule has 3 aromatic heterocycles. The monoisotopic (exact) mass is 1250 g/mol. The molecule has 5 aromatic rings. The summed E-state index contributed by atoms with van der Waals surface area (Å²) in [4.78, 5) is 117. The van der Waals surface area contributed by atoms with Gasteiger partial charge in [-0.05, 0) is 56.5 Å². The van der Waals surface area contributed by atoms with Crippen LogP contribution >= 0.6 is 11.3 Å². The van der Waals surface area contributed by atoms with Gasteiger partial charge in [-0.25, -0.2) is 19.3 Å². The smallest absolute Gasteiger partial charge is 0.391 e. The lowest BCUT2D eigenvalue weighted by Gasteiger charge is -2.44. The van der Waals surface area contributed by atoms with Crippen molar-refractivity contribution in [1.82, 2.24) is 50.6 Å². The molecule has 5 atom stereocenters. The molecule has 28 heteroatoms. The zero-order chi connectivity index (χ0) is 63.6. The Labute approximate surface area is 510 Å². The molecule has 6 N–H and O–H groups in total. The number of halogens is 4. The summed E-state index contributed by atoms with van der Waals surface area (Å²) in [5.74, 6) is -3.63. The van der Waals surface area contributed by atoms with E-state index >= 15 is 4.39 Å². The molecule has 2 aromatic carbocycles. The first-order chi connectivity index (χ1) is 41.7. The van der Waals surface area contributed by atoms with Gasteiger partial charge in [0.15, 0.2) is 0 Å². The summed E-state index contributed by atoms with van der Waals surface area (Å²) >= 11 is 1.55. The number of thiazole rings is 1. The number of aliphatic hydroxyl groups is 1. The summed E-state index contributed by atoms with van der Waals surface area (Å²) in [7, 11) is 1.95. The minimum absolute atomic E-state index is 0.00700. The van der Waals surface area contributed by atoms with Gasteiger partial charge in [-0.1, -0.05) is 45.0 Å². The maximum atomic E-state index is 16.2. The molecule has 0 bridgehead atoms. The molecule has 3 aliphatic rings. The molecule has 0 aliphatic carbocycles. The standard InChI is InChI=1S/C60H75F4N13O10S/c1-35-30-76(31-36(2)73(35)7)47-25-45(61)42(23-46(47)71-55(83)43-29-66-50(80)24-44(43)60(62,63)64)40-27-68-58(69-28-40)75-17-15-74(16-18-75)52(82)13-12-49(79)65-14-19-86-20-21-87-33-51(81)72-54(59(4,5)6)57(85)77-32-41(78)22-48(77)56(84)67-26-38-8-10-39(11-9-38)53-37(3)70-34-88-53/h8-11,23-25,27-29,34-36,41,48,54,78H,12-22,26,30-33H2,1-7H3,(H,65,79)(H,66,80)(H,67,84)(H,71,83)(H,72,81)/t35-,36+,41-,48+,54?/m1/s1. The van der Waals surface area contributed by atoms with Gasteiger partial charge in [-0.2, -0.15) is 13.2 Å². The molecule has 8 rings (SSSR count). The number of nitrogens with one attached hydrogen (secondary N) is 5. The summed E-state index contributed by atoms with van der Waals surface area (Å²) in [5, 5.41) is 21.5. The Hall–Kier alpha value is -7.92. The number of nitrogens with zero attached hydrogens (tertiary/aromatic N) is 8. The molecule has 3 saturated heterocycles. The van der Waals surface area contributed by atoms with Crippen molar-refractivity contribution >= 4 is 64.1 Å². The van der Waals surface area contributed by atoms with Crippen LogP contribution in [0.4, 0.5) is 34.9 Å². The van der Waals surface area contributed by atoms with Gasteiger partial charge in [-0.3, -0.25) is 38.5 Å². The highest BCUT2D eigenvalue weighted by Gasteiger charge is 2.45. The first-order valence-electron chi connectivity index (χ1n) is 29.0. The summed E-state index contributed by atoms with van der Waals surface area (Å²) < 4.78 is 69.2. The lowest BCUT2D eigenvalue weighted by molar-refractivity contribution is -0.144. The number of aliphatic hydroxyl groups excluding tert-OH is 1. The summed E-state index contributed by atoms with van der Waals surface area (Å²) in [5.41, 5.74) is 1.01. The average molecular weight is 1250 g/mol. The van der Waals surface area contributed by atoms with Gasteiger partial charge >= 0.3 is 6.18 Å². The maximum Gasteiger partial charge on any atom is 0.417 e. The highest BCUT2D eigenvalue weighted by Crippen LogP contribution is 2.38. The van der Waals surface area contributed by atoms with Crippen molar-refractivity contribution in [2.45, 2.75) is 104 Å². The van der Waals surface area contributed by atoms with E-state index in [0.29, 0.717) is 57.5 Å². The molecule has 88 heavy (non-hydrogen) atoms. The number of anilines is 3. The van der Waals surface area contributed by atoms with Crippen LogP contribution in [0.2, 0.25) is 0 Å². The van der Waals surface area contributed by atoms with E-state index in [2.05, 4.69) is 46.1 Å². The van der Waals surface area contributed by atoms with Gasteiger partial charge in [0.05, 0.1) is 64.5 Å². The first kappa shape index (κ1) is 66.0. The van der Waals surface area contributed by atoms with Gasteiger partial charge in [-0.15, -0.1) is 11.3 Å². The van der Waals surface area contributed by atoms with Crippen molar-refractivity contribution < 1.29 is 60.9 Å². The molecule has 23 nitrogen and oxygen atoms in total. The number of β-amino-alcohol motifs (C(OH)–C–C–N with tert-alkyl or cyclic N) is 1. The van der Waals surface area contributed by atoms with Crippen LogP contribution in [0, 0.1) is 18.2 Å². The third kappa shape index (κ3) is 16.8. The van der Waals surface area contributed by atoms with Crippen molar-refractivity contribution in [2.75, 3.05) is 101 Å². The fraction of sp³-hybridized carbons (Fsp3) is 0.500. The number of aryl methyl sites for hydroxylation is 1. The van der Waals surface area contributed by atoms with E-state index in [4.69, 9.17) is 9.47 Å². The number of aromatic amines is 1. The topological polar surface area (TPSA) is 277 Å². The molecular weight excluding hydrogens is 1170 g/mol. The normalized spacial score (nSPS) is 18.7. The quantitative estimate of drug-likeness (QED) is 0.0408. The van der Waals surface area contributed by atoms with E-state index in [1.807, 2.05) is 61.9 Å². The van der Waals surface area contributed by atoms with Crippen molar-refractivity contribution in [3.8, 4) is 21.6 Å². The van der Waals surface area contributed by atoms with Crippen LogP contribution in [0.3, 0.4) is 0 Å². The molecule has 0 saturated carbocycles. The number of hydrogen-bond donors (Lipinski definition) is 6. The molecule has 6 heterocycles. The predicted molar refractivity (Wildman–Crippen MR) is 321 cm³/mol. The van der Waals surface area contributed by atoms with E-state index in [0.717, 1.165) is 21.7 Å². The predicted octanol–water partition coefficient (Wildman–Crippen LogP) is 4.59. The Morgan fingerprint density at radius 3 is 2.17 bits per heavy atom. The maximum absolute atomic E-state index is 16.2. The van der Waals surface area contributed by atoms with Crippen LogP contribution < -0.4 is 36.6 Å². The molecule has 6 amide bonds. The van der Waals surface area contributed by atoms with Crippen molar-refractivity contribution in [2.24, 2.45) is 5.41 Å². The number of H-pyrrole nitrogens is 1. The van der Waals surface area contributed by atoms with Gasteiger partial charge in [0.1, 0.15) is 24.5 Å². The highest BCUT2D eigenvalue weighted by molar-refractivity contribution is 7.13. The van der Waals surface area contributed by atoms with Crippen LogP contribution in [0.5, 0.6) is 0 Å². The molecular formula is C60H75F4N13O10S. The van der Waals surface area contributed by atoms with Crippen molar-refractivity contribution in [3.63, 3.8) is 0 Å². The molecule has 0 spiro atoms. The number of carbonyl (C=O) groups excluding carboxylic acids is 6. The lowest BCUT2D eigenvalue weighted by atomic mass is 9.85. The van der Waals surface area contributed by atoms with Gasteiger partial charge in [0.25, 0.3) is 5.91 Å². The zero-order valence-electron chi connectivity index (χ0n) is 50.2. The number of amides is 6. The third-order valence-electron chi connectivity index (χ3n) is 15.8. The second-order valence-corrected chi connectivity index (χ2v) is 24.1. The number of pyridine rings is 1. The summed E-state index contributed by atoms with van der Waals surface area (Å²) in [6, 6.07) is 8.63. The first-order valence-corrected chi connectivity index (χ1v) is 29.9. The van der Waals surface area contributed by atoms with Gasteiger partial charge in [0, 0.05) is 126 Å². The van der Waals surface area contributed by atoms with Crippen molar-refractivity contribution in [1.29, 1.82) is 0 Å². The number of hydrogen-bond acceptors (Lipinski definition) is 17. The molecule has 3 fully saturated rings. The Morgan fingerprint density at radius 1 is 0.841 bits per heavy atom. The fourth-order valence-electron chi connectivity index (χ4n) is 10.7. The Bertz CT molecular complexity index is 3340. The third-order valence-corrected chi connectivity index (χ3v) is 16.8. The SMILES string of the molecule is Cc1ncsc1-c1ccc(CNC(=O)[C@@H]2C[C@@H](O)CN2C(=O)C(NC(=O)COCCOCCNC(=O)CCC(=O)N2CCN(c3ncc(-c4cc(NC(=O)c5c[nH]c(=O)cc5C(F)(F)F)c(N5C[C@@H](C)N(C)[C@@H](C)C5)cc4F)cn3)CC2)C(C)(C)C)cc1. The number of alkyl halides is 3. The van der Waals surface area contributed by atoms with Crippen LogP contribution in [-0.4, -0.2) is 191 Å². The largest absolute Gasteiger partial charge is 0.417 e. The number of carbonyl (C=O) groups is 6. The average Bonchev–Trinajstić information content (AvgIpc) is 1.93. The Kier molecular flexibility index (Phi) is 21.7. The van der Waals surface area contributed by atoms with E-state index in [1.54, 1.807) is 42.5 Å². The number of benzene rings is 2. The van der Waals surface area contributed by atoms with E-state index in [-0.39, 0.29) is 112 Å². The van der Waals surface area contributed by atoms with Crippen LogP contribution in [0.15, 0.2) is 71.4 Å². The van der Waals surface area contributed by atoms with E-state index < -0.39 is 75.9 Å². The van der Waals surface area contributed by atoms with Gasteiger partial charge in [0.2, 0.25) is 41.0 Å². The lowest BCUT2D eigenvalue weighted by Crippen LogP contribution is -2.58. The summed E-state index contributed by atoms with van der Waals surface area (Å²) in [6.45, 7) is 13.6. The fourth-order valence-corrected chi connectivity index (χ4v) is 11.5. The van der Waals surface area contributed by atoms with Crippen LogP contribution in [0.25, 0.3) is 21.6 Å². The summed E-state index contributed by atoms with van der Waals surface area (Å²) in [6.07, 6.45) is -2.52. The number of rotatable bonds is 22. The number of aromatic nitrogens is 4. The number of piperazine rings is 2. The molecule has 3 aliphatic heterocycles. The van der Waals surface area contributed by atoms with Crippen LogP contribution in [-0.2, 0) is 46.2 Å². The number of ether oxygens (including phenoxy) is 2.